The number of furan rings is 1. The van der Waals surface area contributed by atoms with E-state index in [1.54, 1.807) is 6.07 Å². The number of carbonyl (C=O) groups is 1. The fourth-order valence-electron chi connectivity index (χ4n) is 2.03. The fourth-order valence-corrected chi connectivity index (χ4v) is 2.64. The van der Waals surface area contributed by atoms with Crippen molar-refractivity contribution in [3.63, 3.8) is 0 Å². The minimum atomic E-state index is -0.357. The molecule has 1 heterocycles. The number of nitrogens with one attached hydrogen (secondary N) is 1. The fraction of sp³-hybridized carbons (Fsp3) is 0.0588. The Bertz CT molecular complexity index is 886. The van der Waals surface area contributed by atoms with Crippen molar-refractivity contribution in [2.45, 2.75) is 0 Å². The van der Waals surface area contributed by atoms with Crippen molar-refractivity contribution in [1.82, 2.24) is 5.43 Å². The molecule has 7 heteroatoms. The summed E-state index contributed by atoms with van der Waals surface area (Å²) in [6, 6.07) is 15.3. The molecule has 0 atom stereocenters. The molecule has 24 heavy (non-hydrogen) atoms. The number of hydrogen-bond donors (Lipinski definition) is 1. The van der Waals surface area contributed by atoms with E-state index in [0.29, 0.717) is 16.2 Å². The maximum absolute atomic E-state index is 11.7. The molecule has 1 aromatic heterocycles. The van der Waals surface area contributed by atoms with Gasteiger partial charge in [0.2, 0.25) is 0 Å². The predicted molar refractivity (Wildman–Crippen MR) is 99.3 cm³/mol. The van der Waals surface area contributed by atoms with Crippen LogP contribution in [0.1, 0.15) is 5.76 Å². The van der Waals surface area contributed by atoms with Crippen molar-refractivity contribution in [2.24, 2.45) is 5.10 Å². The van der Waals surface area contributed by atoms with Gasteiger partial charge in [0, 0.05) is 6.07 Å². The summed E-state index contributed by atoms with van der Waals surface area (Å²) < 4.78 is 12.1. The number of carbonyl (C=O) groups excluding carboxylic acids is 1. The summed E-state index contributed by atoms with van der Waals surface area (Å²) in [7, 11) is 0. The quantitative estimate of drug-likeness (QED) is 0.459. The molecule has 2 aromatic carbocycles. The van der Waals surface area contributed by atoms with Gasteiger partial charge in [-0.1, -0.05) is 30.3 Å². The van der Waals surface area contributed by atoms with Gasteiger partial charge in [-0.25, -0.2) is 5.43 Å². The third-order valence-corrected chi connectivity index (χ3v) is 4.85. The van der Waals surface area contributed by atoms with Crippen LogP contribution in [0.2, 0.25) is 0 Å². The van der Waals surface area contributed by atoms with Gasteiger partial charge in [-0.05, 0) is 54.8 Å². The summed E-state index contributed by atoms with van der Waals surface area (Å²) in [6.45, 7) is -0.124. The van der Waals surface area contributed by atoms with Gasteiger partial charge in [0.15, 0.2) is 11.3 Å². The molecule has 1 N–H and O–H groups in total. The lowest BCUT2D eigenvalue weighted by atomic mass is 10.1. The molecule has 0 radical (unpaired) electrons. The summed E-state index contributed by atoms with van der Waals surface area (Å²) in [4.78, 5) is 11.7. The van der Waals surface area contributed by atoms with E-state index in [1.165, 1.54) is 6.21 Å². The number of hydrogen-bond acceptors (Lipinski definition) is 4. The molecule has 5 nitrogen and oxygen atoms in total. The first-order valence-electron chi connectivity index (χ1n) is 7.00. The van der Waals surface area contributed by atoms with E-state index < -0.39 is 0 Å². The van der Waals surface area contributed by atoms with Crippen LogP contribution >= 0.6 is 31.9 Å². The minimum Gasteiger partial charge on any atom is -0.484 e. The van der Waals surface area contributed by atoms with Crippen LogP contribution in [0.5, 0.6) is 5.75 Å². The van der Waals surface area contributed by atoms with Crippen LogP contribution in [0.15, 0.2) is 67.2 Å². The van der Waals surface area contributed by atoms with E-state index >= 15 is 0 Å². The van der Waals surface area contributed by atoms with Crippen LogP contribution in [0.4, 0.5) is 0 Å². The van der Waals surface area contributed by atoms with Gasteiger partial charge in [0.05, 0.1) is 10.7 Å². The number of benzene rings is 2. The average Bonchev–Trinajstić information content (AvgIpc) is 2.91. The minimum absolute atomic E-state index is 0.124. The summed E-state index contributed by atoms with van der Waals surface area (Å²) in [5, 5.41) is 6.00. The van der Waals surface area contributed by atoms with Crippen LogP contribution in [0, 0.1) is 0 Å². The van der Waals surface area contributed by atoms with Crippen molar-refractivity contribution in [3.8, 4) is 5.75 Å². The summed E-state index contributed by atoms with van der Waals surface area (Å²) in [6.07, 6.45) is 1.41. The molecule has 0 fully saturated rings. The van der Waals surface area contributed by atoms with E-state index in [-0.39, 0.29) is 12.5 Å². The maximum Gasteiger partial charge on any atom is 0.277 e. The SMILES string of the molecule is O=C(COc1ccc2ccccc2c1)N/N=C\c1cc(Br)c(Br)o1. The Labute approximate surface area is 154 Å². The number of fused-ring (bicyclic) bond motifs is 1. The molecule has 1 amide bonds. The number of hydrazone groups is 1. The van der Waals surface area contributed by atoms with E-state index in [0.717, 1.165) is 15.2 Å². The molecule has 0 bridgehead atoms. The zero-order valence-corrected chi connectivity index (χ0v) is 15.5. The Hall–Kier alpha value is -2.12. The van der Waals surface area contributed by atoms with Crippen molar-refractivity contribution in [2.75, 3.05) is 6.61 Å². The third-order valence-electron chi connectivity index (χ3n) is 3.14. The summed E-state index contributed by atoms with van der Waals surface area (Å²) >= 11 is 6.52. The van der Waals surface area contributed by atoms with Crippen LogP contribution in [-0.4, -0.2) is 18.7 Å². The molecule has 0 unspecified atom stereocenters. The maximum atomic E-state index is 11.7. The molecule has 3 aromatic rings. The van der Waals surface area contributed by atoms with Gasteiger partial charge in [-0.15, -0.1) is 0 Å². The van der Waals surface area contributed by atoms with E-state index in [1.807, 2.05) is 42.5 Å². The number of halogens is 2. The van der Waals surface area contributed by atoms with E-state index in [9.17, 15) is 4.79 Å². The highest BCUT2D eigenvalue weighted by molar-refractivity contribution is 9.13. The zero-order chi connectivity index (χ0) is 16.9. The highest BCUT2D eigenvalue weighted by Crippen LogP contribution is 2.25. The Morgan fingerprint density at radius 1 is 1.17 bits per heavy atom. The van der Waals surface area contributed by atoms with Crippen molar-refractivity contribution in [1.29, 1.82) is 0 Å². The molecule has 0 saturated heterocycles. The Kier molecular flexibility index (Phi) is 5.32. The molecule has 3 rings (SSSR count). The Morgan fingerprint density at radius 3 is 2.71 bits per heavy atom. The largest absolute Gasteiger partial charge is 0.484 e. The Balaban J connectivity index is 1.52. The van der Waals surface area contributed by atoms with Crippen molar-refractivity contribution >= 4 is 54.8 Å². The smallest absolute Gasteiger partial charge is 0.277 e. The molecular formula is C17H12Br2N2O3. The second-order valence-corrected chi connectivity index (χ2v) is 6.44. The van der Waals surface area contributed by atoms with Crippen LogP contribution in [-0.2, 0) is 4.79 Å². The second kappa shape index (κ2) is 7.63. The molecule has 0 aliphatic heterocycles. The normalized spacial score (nSPS) is 11.1. The topological polar surface area (TPSA) is 63.8 Å². The lowest BCUT2D eigenvalue weighted by Gasteiger charge is -2.06. The van der Waals surface area contributed by atoms with E-state index in [4.69, 9.17) is 9.15 Å². The van der Waals surface area contributed by atoms with Gasteiger partial charge in [0.1, 0.15) is 11.5 Å². The standard InChI is InChI=1S/C17H12Br2N2O3/c18-15-8-14(24-17(15)19)9-20-21-16(22)10-23-13-6-5-11-3-1-2-4-12(11)7-13/h1-9H,10H2,(H,21,22)/b20-9-. The highest BCUT2D eigenvalue weighted by Gasteiger charge is 2.05. The molecule has 0 aliphatic carbocycles. The monoisotopic (exact) mass is 450 g/mol. The van der Waals surface area contributed by atoms with E-state index in [2.05, 4.69) is 42.4 Å². The predicted octanol–water partition coefficient (Wildman–Crippen LogP) is 4.49. The molecule has 122 valence electrons. The number of amides is 1. The summed E-state index contributed by atoms with van der Waals surface area (Å²) in [5.74, 6) is 0.778. The number of nitrogens with zero attached hydrogens (tertiary/aromatic N) is 1. The number of ether oxygens (including phenoxy) is 1. The lowest BCUT2D eigenvalue weighted by molar-refractivity contribution is -0.123. The van der Waals surface area contributed by atoms with Crippen LogP contribution < -0.4 is 10.2 Å². The van der Waals surface area contributed by atoms with Gasteiger partial charge >= 0.3 is 0 Å². The van der Waals surface area contributed by atoms with Crippen molar-refractivity contribution < 1.29 is 13.9 Å². The van der Waals surface area contributed by atoms with Crippen LogP contribution in [0.3, 0.4) is 0 Å². The van der Waals surface area contributed by atoms with Gasteiger partial charge in [-0.2, -0.15) is 5.10 Å². The van der Waals surface area contributed by atoms with Gasteiger partial charge in [-0.3, -0.25) is 4.79 Å². The third kappa shape index (κ3) is 4.24. The molecular weight excluding hydrogens is 440 g/mol. The summed E-state index contributed by atoms with van der Waals surface area (Å²) in [5.41, 5.74) is 2.38. The zero-order valence-electron chi connectivity index (χ0n) is 12.3. The Morgan fingerprint density at radius 2 is 1.96 bits per heavy atom. The molecule has 0 saturated carbocycles. The van der Waals surface area contributed by atoms with Crippen LogP contribution in [0.25, 0.3) is 10.8 Å². The van der Waals surface area contributed by atoms with Gasteiger partial charge < -0.3 is 9.15 Å². The lowest BCUT2D eigenvalue weighted by Crippen LogP contribution is -2.24. The van der Waals surface area contributed by atoms with Crippen molar-refractivity contribution in [3.05, 3.63) is 63.4 Å². The van der Waals surface area contributed by atoms with Gasteiger partial charge in [0.25, 0.3) is 5.91 Å². The second-order valence-electron chi connectivity index (χ2n) is 4.86. The number of rotatable bonds is 5. The molecule has 0 spiro atoms. The highest BCUT2D eigenvalue weighted by atomic mass is 79.9. The first kappa shape index (κ1) is 16.7. The first-order chi connectivity index (χ1) is 11.6. The molecule has 0 aliphatic rings. The average molecular weight is 452 g/mol. The first-order valence-corrected chi connectivity index (χ1v) is 8.59.